The quantitative estimate of drug-likeness (QED) is 0.494. The molecule has 0 atom stereocenters. The van der Waals surface area contributed by atoms with Crippen molar-refractivity contribution in [2.45, 2.75) is 6.54 Å². The first kappa shape index (κ1) is 15.1. The van der Waals surface area contributed by atoms with Gasteiger partial charge in [-0.3, -0.25) is 0 Å². The molecule has 0 spiro atoms. The standard InChI is InChI=1S/C18H12Cl2N4/c19-15-10-16(20)23-17(22-15)13-6-8-21-18-14(13)7-9-24(18)11-12-4-2-1-3-5-12/h1-10H,11H2. The van der Waals surface area contributed by atoms with E-state index in [1.165, 1.54) is 11.6 Å². The van der Waals surface area contributed by atoms with Gasteiger partial charge in [-0.15, -0.1) is 0 Å². The number of nitrogens with zero attached hydrogens (tertiary/aromatic N) is 4. The maximum atomic E-state index is 6.01. The summed E-state index contributed by atoms with van der Waals surface area (Å²) in [6, 6.07) is 15.7. The highest BCUT2D eigenvalue weighted by Crippen LogP contribution is 2.28. The van der Waals surface area contributed by atoms with E-state index in [2.05, 4.69) is 31.7 Å². The molecule has 0 radical (unpaired) electrons. The predicted molar refractivity (Wildman–Crippen MR) is 96.3 cm³/mol. The summed E-state index contributed by atoms with van der Waals surface area (Å²) < 4.78 is 2.10. The molecule has 1 aromatic carbocycles. The van der Waals surface area contributed by atoms with Gasteiger partial charge in [0.2, 0.25) is 0 Å². The second-order valence-corrected chi connectivity index (χ2v) is 6.14. The van der Waals surface area contributed by atoms with Crippen LogP contribution in [0.4, 0.5) is 0 Å². The van der Waals surface area contributed by atoms with Crippen molar-refractivity contribution in [3.63, 3.8) is 0 Å². The Morgan fingerprint density at radius 3 is 2.42 bits per heavy atom. The van der Waals surface area contributed by atoms with Crippen molar-refractivity contribution in [2.24, 2.45) is 0 Å². The minimum Gasteiger partial charge on any atom is -0.328 e. The van der Waals surface area contributed by atoms with Crippen molar-refractivity contribution in [1.29, 1.82) is 0 Å². The third kappa shape index (κ3) is 2.86. The van der Waals surface area contributed by atoms with Gasteiger partial charge in [-0.05, 0) is 17.7 Å². The van der Waals surface area contributed by atoms with Gasteiger partial charge in [0.25, 0.3) is 0 Å². The Morgan fingerprint density at radius 2 is 1.67 bits per heavy atom. The number of fused-ring (bicyclic) bond motifs is 1. The van der Waals surface area contributed by atoms with Crippen molar-refractivity contribution >= 4 is 34.2 Å². The largest absolute Gasteiger partial charge is 0.328 e. The molecule has 24 heavy (non-hydrogen) atoms. The Balaban J connectivity index is 1.82. The lowest BCUT2D eigenvalue weighted by Gasteiger charge is -2.07. The van der Waals surface area contributed by atoms with Gasteiger partial charge in [0, 0.05) is 36.0 Å². The monoisotopic (exact) mass is 354 g/mol. The molecule has 0 amide bonds. The van der Waals surface area contributed by atoms with E-state index in [4.69, 9.17) is 23.2 Å². The molecule has 0 unspecified atom stereocenters. The van der Waals surface area contributed by atoms with Crippen molar-refractivity contribution in [3.05, 3.63) is 76.8 Å². The molecular weight excluding hydrogens is 343 g/mol. The number of pyridine rings is 1. The van der Waals surface area contributed by atoms with Crippen LogP contribution in [0.5, 0.6) is 0 Å². The number of halogens is 2. The summed E-state index contributed by atoms with van der Waals surface area (Å²) in [5.74, 6) is 0.498. The fraction of sp³-hybridized carbons (Fsp3) is 0.0556. The average Bonchev–Trinajstić information content (AvgIpc) is 2.98. The van der Waals surface area contributed by atoms with E-state index in [-0.39, 0.29) is 0 Å². The fourth-order valence-corrected chi connectivity index (χ4v) is 3.13. The fourth-order valence-electron chi connectivity index (χ4n) is 2.70. The maximum Gasteiger partial charge on any atom is 0.163 e. The Labute approximate surface area is 148 Å². The molecule has 0 saturated carbocycles. The summed E-state index contributed by atoms with van der Waals surface area (Å²) in [4.78, 5) is 13.1. The van der Waals surface area contributed by atoms with Crippen LogP contribution in [0, 0.1) is 0 Å². The molecule has 0 aliphatic carbocycles. The van der Waals surface area contributed by atoms with Crippen LogP contribution in [-0.4, -0.2) is 19.5 Å². The zero-order valence-corrected chi connectivity index (χ0v) is 14.0. The molecule has 0 saturated heterocycles. The van der Waals surface area contributed by atoms with E-state index in [0.29, 0.717) is 16.1 Å². The van der Waals surface area contributed by atoms with Crippen molar-refractivity contribution in [3.8, 4) is 11.4 Å². The first-order chi connectivity index (χ1) is 11.7. The average molecular weight is 355 g/mol. The molecule has 0 aliphatic rings. The zero-order chi connectivity index (χ0) is 16.5. The minimum atomic E-state index is 0.318. The highest BCUT2D eigenvalue weighted by molar-refractivity contribution is 6.33. The molecule has 4 nitrogen and oxygen atoms in total. The van der Waals surface area contributed by atoms with E-state index in [1.54, 1.807) is 6.20 Å². The minimum absolute atomic E-state index is 0.318. The molecule has 4 aromatic rings. The molecule has 0 bridgehead atoms. The number of hydrogen-bond acceptors (Lipinski definition) is 3. The third-order valence-electron chi connectivity index (χ3n) is 3.76. The summed E-state index contributed by atoms with van der Waals surface area (Å²) in [6.45, 7) is 0.748. The van der Waals surface area contributed by atoms with E-state index >= 15 is 0 Å². The van der Waals surface area contributed by atoms with Gasteiger partial charge in [-0.1, -0.05) is 53.5 Å². The molecule has 3 aromatic heterocycles. The van der Waals surface area contributed by atoms with E-state index in [1.807, 2.05) is 36.5 Å². The van der Waals surface area contributed by atoms with Crippen molar-refractivity contribution in [1.82, 2.24) is 19.5 Å². The Kier molecular flexibility index (Phi) is 3.92. The van der Waals surface area contributed by atoms with Crippen molar-refractivity contribution in [2.75, 3.05) is 0 Å². The van der Waals surface area contributed by atoms with Gasteiger partial charge < -0.3 is 4.57 Å². The second-order valence-electron chi connectivity index (χ2n) is 5.36. The predicted octanol–water partition coefficient (Wildman–Crippen LogP) is 4.85. The lowest BCUT2D eigenvalue weighted by atomic mass is 10.2. The maximum absolute atomic E-state index is 6.01. The van der Waals surface area contributed by atoms with Gasteiger partial charge >= 0.3 is 0 Å². The van der Waals surface area contributed by atoms with Gasteiger partial charge in [0.1, 0.15) is 16.0 Å². The lowest BCUT2D eigenvalue weighted by Crippen LogP contribution is -1.99. The molecule has 0 fully saturated rings. The topological polar surface area (TPSA) is 43.6 Å². The smallest absolute Gasteiger partial charge is 0.163 e. The molecule has 0 aliphatic heterocycles. The van der Waals surface area contributed by atoms with Crippen LogP contribution in [-0.2, 0) is 6.54 Å². The van der Waals surface area contributed by atoms with E-state index in [0.717, 1.165) is 23.1 Å². The van der Waals surface area contributed by atoms with Gasteiger partial charge in [0.15, 0.2) is 5.82 Å². The summed E-state index contributed by atoms with van der Waals surface area (Å²) in [7, 11) is 0. The summed E-state index contributed by atoms with van der Waals surface area (Å²) in [6.07, 6.45) is 3.76. The van der Waals surface area contributed by atoms with Crippen molar-refractivity contribution < 1.29 is 0 Å². The first-order valence-corrected chi connectivity index (χ1v) is 8.14. The van der Waals surface area contributed by atoms with Crippen LogP contribution >= 0.6 is 23.2 Å². The molecular formula is C18H12Cl2N4. The normalized spacial score (nSPS) is 11.1. The highest BCUT2D eigenvalue weighted by Gasteiger charge is 2.12. The summed E-state index contributed by atoms with van der Waals surface area (Å²) in [5.41, 5.74) is 2.94. The number of benzene rings is 1. The second kappa shape index (κ2) is 6.23. The Hall–Kier alpha value is -2.43. The SMILES string of the molecule is Clc1cc(Cl)nc(-c2ccnc3c2ccn3Cc2ccccc2)n1. The molecule has 6 heteroatoms. The molecule has 4 rings (SSSR count). The lowest BCUT2D eigenvalue weighted by molar-refractivity contribution is 0.825. The first-order valence-electron chi connectivity index (χ1n) is 7.39. The number of rotatable bonds is 3. The van der Waals surface area contributed by atoms with Gasteiger partial charge in [0.05, 0.1) is 0 Å². The van der Waals surface area contributed by atoms with Crippen LogP contribution in [0.1, 0.15) is 5.56 Å². The molecule has 118 valence electrons. The van der Waals surface area contributed by atoms with Crippen LogP contribution in [0.2, 0.25) is 10.3 Å². The Bertz CT molecular complexity index is 992. The molecule has 0 N–H and O–H groups in total. The Morgan fingerprint density at radius 1 is 0.917 bits per heavy atom. The van der Waals surface area contributed by atoms with Crippen LogP contribution in [0.25, 0.3) is 22.4 Å². The van der Waals surface area contributed by atoms with Crippen LogP contribution in [0.15, 0.2) is 60.9 Å². The van der Waals surface area contributed by atoms with Crippen LogP contribution in [0.3, 0.4) is 0 Å². The summed E-state index contributed by atoms with van der Waals surface area (Å²) in [5, 5.41) is 1.60. The molecule has 3 heterocycles. The zero-order valence-electron chi connectivity index (χ0n) is 12.5. The third-order valence-corrected chi connectivity index (χ3v) is 4.15. The highest BCUT2D eigenvalue weighted by atomic mass is 35.5. The van der Waals surface area contributed by atoms with Crippen LogP contribution < -0.4 is 0 Å². The van der Waals surface area contributed by atoms with E-state index in [9.17, 15) is 0 Å². The number of hydrogen-bond donors (Lipinski definition) is 0. The van der Waals surface area contributed by atoms with Gasteiger partial charge in [-0.25, -0.2) is 15.0 Å². The number of aromatic nitrogens is 4. The summed E-state index contributed by atoms with van der Waals surface area (Å²) >= 11 is 12.0. The van der Waals surface area contributed by atoms with E-state index < -0.39 is 0 Å². The van der Waals surface area contributed by atoms with Gasteiger partial charge in [-0.2, -0.15) is 0 Å².